The van der Waals surface area contributed by atoms with Crippen molar-refractivity contribution in [2.45, 2.75) is 6.42 Å². The molecule has 5 rings (SSSR count). The molecule has 0 saturated heterocycles. The number of methoxy groups -OCH3 is 2. The summed E-state index contributed by atoms with van der Waals surface area (Å²) >= 11 is 6.10. The molecule has 0 spiro atoms. The first kappa shape index (κ1) is 25.6. The molecule has 3 aromatic carbocycles. The number of nitrogens with zero attached hydrogens (tertiary/aromatic N) is 1. The van der Waals surface area contributed by atoms with Crippen LogP contribution in [0.4, 0.5) is 11.4 Å². The number of carbonyl (C=O) groups excluding carboxylic acids is 2. The molecule has 0 atom stereocenters. The highest BCUT2D eigenvalue weighted by atomic mass is 35.5. The van der Waals surface area contributed by atoms with Gasteiger partial charge >= 0.3 is 5.76 Å². The summed E-state index contributed by atoms with van der Waals surface area (Å²) in [6.45, 7) is 0. The number of nitrogens with one attached hydrogen (secondary N) is 4. The fourth-order valence-corrected chi connectivity index (χ4v) is 4.28. The Labute approximate surface area is 226 Å². The summed E-state index contributed by atoms with van der Waals surface area (Å²) in [4.78, 5) is 42.9. The van der Waals surface area contributed by atoms with Crippen LogP contribution in [0.2, 0.25) is 5.02 Å². The first-order valence-electron chi connectivity index (χ1n) is 11.6. The monoisotopic (exact) mass is 547 g/mol. The van der Waals surface area contributed by atoms with Crippen LogP contribution in [-0.2, 0) is 11.2 Å². The Hall–Kier alpha value is -5.03. The number of ether oxygens (including phenoxy) is 2. The van der Waals surface area contributed by atoms with Crippen LogP contribution in [0.5, 0.6) is 11.5 Å². The minimum absolute atomic E-state index is 0.105. The molecule has 0 radical (unpaired) electrons. The van der Waals surface area contributed by atoms with Crippen molar-refractivity contribution in [3.63, 3.8) is 0 Å². The highest BCUT2D eigenvalue weighted by Gasteiger charge is 2.17. The Balaban J connectivity index is 1.36. The van der Waals surface area contributed by atoms with Crippen molar-refractivity contribution in [2.75, 3.05) is 24.9 Å². The van der Waals surface area contributed by atoms with Gasteiger partial charge in [0.1, 0.15) is 5.69 Å². The maximum Gasteiger partial charge on any atom is 0.439 e. The zero-order chi connectivity index (χ0) is 27.5. The van der Waals surface area contributed by atoms with Crippen LogP contribution in [0.1, 0.15) is 16.1 Å². The predicted octanol–water partition coefficient (Wildman–Crippen LogP) is 4.62. The first-order valence-corrected chi connectivity index (χ1v) is 12.0. The molecular formula is C27H22ClN5O6. The van der Waals surface area contributed by atoms with E-state index in [1.54, 1.807) is 61.7 Å². The summed E-state index contributed by atoms with van der Waals surface area (Å²) in [7, 11) is 3.08. The number of fused-ring (bicyclic) bond motifs is 1. The third kappa shape index (κ3) is 5.48. The third-order valence-electron chi connectivity index (χ3n) is 5.91. The van der Waals surface area contributed by atoms with E-state index in [9.17, 15) is 14.4 Å². The molecule has 0 aliphatic rings. The summed E-state index contributed by atoms with van der Waals surface area (Å²) in [5.41, 5.74) is 2.83. The van der Waals surface area contributed by atoms with E-state index in [1.807, 2.05) is 6.07 Å². The highest BCUT2D eigenvalue weighted by Crippen LogP contribution is 2.30. The van der Waals surface area contributed by atoms with Gasteiger partial charge in [-0.25, -0.2) is 4.79 Å². The van der Waals surface area contributed by atoms with Crippen LogP contribution in [0.25, 0.3) is 22.3 Å². The van der Waals surface area contributed by atoms with E-state index in [1.165, 1.54) is 7.11 Å². The smallest absolute Gasteiger partial charge is 0.439 e. The molecule has 2 heterocycles. The van der Waals surface area contributed by atoms with Gasteiger partial charge in [0, 0.05) is 16.0 Å². The standard InChI is InChI=1S/C27H22ClN5O6/c1-37-21-9-6-14(10-22(21)38-2)11-23(34)29-19-5-3-4-15-12-20(30-24(15)19)26(35)31-18-8-7-16(28)13-17(18)25-32-27(36)39-33-25/h3-10,12-13,30H,11H2,1-2H3,(H,29,34)(H,31,35)(H,32,33,36). The molecule has 11 nitrogen and oxygen atoms in total. The highest BCUT2D eigenvalue weighted by molar-refractivity contribution is 6.31. The molecule has 0 fully saturated rings. The van der Waals surface area contributed by atoms with Gasteiger partial charge in [0.15, 0.2) is 17.3 Å². The maximum atomic E-state index is 13.1. The summed E-state index contributed by atoms with van der Waals surface area (Å²) < 4.78 is 15.1. The molecule has 198 valence electrons. The summed E-state index contributed by atoms with van der Waals surface area (Å²) in [6.07, 6.45) is 0.105. The molecule has 0 unspecified atom stereocenters. The number of anilines is 2. The Bertz CT molecular complexity index is 1760. The van der Waals surface area contributed by atoms with E-state index in [0.29, 0.717) is 39.0 Å². The largest absolute Gasteiger partial charge is 0.493 e. The molecule has 0 bridgehead atoms. The zero-order valence-electron chi connectivity index (χ0n) is 20.8. The van der Waals surface area contributed by atoms with Gasteiger partial charge in [0.2, 0.25) is 5.91 Å². The second-order valence-electron chi connectivity index (χ2n) is 8.45. The average Bonchev–Trinajstić information content (AvgIpc) is 3.56. The van der Waals surface area contributed by atoms with Gasteiger partial charge in [-0.15, -0.1) is 0 Å². The molecule has 12 heteroatoms. The maximum absolute atomic E-state index is 13.1. The molecule has 0 saturated carbocycles. The van der Waals surface area contributed by atoms with Crippen molar-refractivity contribution in [2.24, 2.45) is 0 Å². The van der Waals surface area contributed by atoms with E-state index < -0.39 is 11.7 Å². The molecular weight excluding hydrogens is 526 g/mol. The van der Waals surface area contributed by atoms with Crippen LogP contribution in [-0.4, -0.2) is 41.2 Å². The Morgan fingerprint density at radius 2 is 1.77 bits per heavy atom. The number of carbonyl (C=O) groups is 2. The van der Waals surface area contributed by atoms with E-state index in [2.05, 4.69) is 30.3 Å². The molecule has 0 aliphatic carbocycles. The molecule has 39 heavy (non-hydrogen) atoms. The minimum Gasteiger partial charge on any atom is -0.493 e. The van der Waals surface area contributed by atoms with Crippen LogP contribution < -0.4 is 25.9 Å². The normalized spacial score (nSPS) is 10.8. The SMILES string of the molecule is COc1ccc(CC(=O)Nc2cccc3cc(C(=O)Nc4ccc(Cl)cc4-c4noc(=O)[nH]4)[nH]c23)cc1OC. The number of aromatic nitrogens is 3. The fraction of sp³-hybridized carbons (Fsp3) is 0.111. The van der Waals surface area contributed by atoms with Crippen molar-refractivity contribution in [3.8, 4) is 22.9 Å². The van der Waals surface area contributed by atoms with Crippen molar-refractivity contribution in [1.82, 2.24) is 15.1 Å². The van der Waals surface area contributed by atoms with Crippen molar-refractivity contribution < 1.29 is 23.6 Å². The second-order valence-corrected chi connectivity index (χ2v) is 8.89. The summed E-state index contributed by atoms with van der Waals surface area (Å²) in [5, 5.41) is 10.5. The molecule has 5 aromatic rings. The Kier molecular flexibility index (Phi) is 7.06. The van der Waals surface area contributed by atoms with Crippen molar-refractivity contribution in [3.05, 3.63) is 87.5 Å². The van der Waals surface area contributed by atoms with Gasteiger partial charge in [0.25, 0.3) is 5.91 Å². The quantitative estimate of drug-likeness (QED) is 0.221. The van der Waals surface area contributed by atoms with Gasteiger partial charge in [-0.2, -0.15) is 0 Å². The zero-order valence-corrected chi connectivity index (χ0v) is 21.5. The van der Waals surface area contributed by atoms with Crippen LogP contribution in [0.15, 0.2) is 70.0 Å². The number of aromatic amines is 2. The minimum atomic E-state index is -0.737. The van der Waals surface area contributed by atoms with Gasteiger partial charge < -0.3 is 25.1 Å². The number of benzene rings is 3. The number of hydrogen-bond acceptors (Lipinski definition) is 7. The summed E-state index contributed by atoms with van der Waals surface area (Å²) in [5.74, 6) is -0.217. The lowest BCUT2D eigenvalue weighted by atomic mass is 10.1. The number of hydrogen-bond donors (Lipinski definition) is 4. The summed E-state index contributed by atoms with van der Waals surface area (Å²) in [6, 6.07) is 17.0. The van der Waals surface area contributed by atoms with Gasteiger partial charge in [0.05, 0.1) is 37.5 Å². The number of rotatable bonds is 8. The predicted molar refractivity (Wildman–Crippen MR) is 146 cm³/mol. The lowest BCUT2D eigenvalue weighted by Crippen LogP contribution is -2.15. The van der Waals surface area contributed by atoms with Crippen LogP contribution >= 0.6 is 11.6 Å². The number of amides is 2. The van der Waals surface area contributed by atoms with Crippen molar-refractivity contribution in [1.29, 1.82) is 0 Å². The lowest BCUT2D eigenvalue weighted by molar-refractivity contribution is -0.115. The van der Waals surface area contributed by atoms with E-state index >= 15 is 0 Å². The van der Waals surface area contributed by atoms with Gasteiger partial charge in [-0.05, 0) is 48.0 Å². The van der Waals surface area contributed by atoms with Crippen LogP contribution in [0, 0.1) is 0 Å². The Morgan fingerprint density at radius 3 is 2.51 bits per heavy atom. The number of halogens is 1. The molecule has 2 aromatic heterocycles. The fourth-order valence-electron chi connectivity index (χ4n) is 4.11. The molecule has 4 N–H and O–H groups in total. The average molecular weight is 548 g/mol. The lowest BCUT2D eigenvalue weighted by Gasteiger charge is -2.10. The third-order valence-corrected chi connectivity index (χ3v) is 6.15. The Morgan fingerprint density at radius 1 is 0.949 bits per heavy atom. The van der Waals surface area contributed by atoms with E-state index in [4.69, 9.17) is 21.1 Å². The van der Waals surface area contributed by atoms with Gasteiger partial charge in [-0.3, -0.25) is 19.1 Å². The number of para-hydroxylation sites is 1. The number of H-pyrrole nitrogens is 2. The molecule has 2 amide bonds. The molecule has 0 aliphatic heterocycles. The first-order chi connectivity index (χ1) is 18.8. The van der Waals surface area contributed by atoms with E-state index in [0.717, 1.165) is 10.9 Å². The van der Waals surface area contributed by atoms with E-state index in [-0.39, 0.29) is 23.8 Å². The van der Waals surface area contributed by atoms with Gasteiger partial charge in [-0.1, -0.05) is 35.0 Å². The second kappa shape index (κ2) is 10.8. The van der Waals surface area contributed by atoms with Crippen LogP contribution in [0.3, 0.4) is 0 Å². The van der Waals surface area contributed by atoms with Crippen molar-refractivity contribution >= 4 is 45.7 Å². The topological polar surface area (TPSA) is 151 Å².